The Morgan fingerprint density at radius 2 is 2.36 bits per heavy atom. The average molecular weight is 280 g/mol. The summed E-state index contributed by atoms with van der Waals surface area (Å²) in [6.45, 7) is 1.95. The highest BCUT2D eigenvalue weighted by Crippen LogP contribution is 2.17. The molecule has 5 heteroatoms. The fourth-order valence-corrected chi connectivity index (χ4v) is 1.42. The van der Waals surface area contributed by atoms with Gasteiger partial charge in [0.1, 0.15) is 5.82 Å². The fourth-order valence-electron chi connectivity index (χ4n) is 0.914. The summed E-state index contributed by atoms with van der Waals surface area (Å²) in [4.78, 5) is 4.16. The van der Waals surface area contributed by atoms with Crippen molar-refractivity contribution >= 4 is 33.3 Å². The minimum Gasteiger partial charge on any atom is -0.378 e. The molecule has 3 nitrogen and oxygen atoms in total. The minimum absolute atomic E-state index is 0.535. The van der Waals surface area contributed by atoms with Crippen molar-refractivity contribution in [3.63, 3.8) is 0 Å². The summed E-state index contributed by atoms with van der Waals surface area (Å²) >= 11 is 8.85. The summed E-state index contributed by atoms with van der Waals surface area (Å²) in [7, 11) is 0. The molecule has 0 radical (unpaired) electrons. The van der Waals surface area contributed by atoms with E-state index in [1.54, 1.807) is 6.20 Å². The van der Waals surface area contributed by atoms with E-state index >= 15 is 0 Å². The summed E-state index contributed by atoms with van der Waals surface area (Å²) in [6, 6.07) is 3.81. The van der Waals surface area contributed by atoms with E-state index in [1.807, 2.05) is 12.1 Å². The van der Waals surface area contributed by atoms with Crippen molar-refractivity contribution in [2.24, 2.45) is 0 Å². The average Bonchev–Trinajstić information content (AvgIpc) is 2.20. The molecule has 1 heterocycles. The Labute approximate surface area is 96.9 Å². The molecule has 0 bridgehead atoms. The molecular formula is C9H12BrClN2O. The molecule has 0 saturated carbocycles. The van der Waals surface area contributed by atoms with Crippen molar-refractivity contribution in [1.29, 1.82) is 0 Å². The highest BCUT2D eigenvalue weighted by molar-refractivity contribution is 9.10. The number of alkyl halides is 1. The lowest BCUT2D eigenvalue weighted by atomic mass is 10.4. The number of halogens is 2. The number of rotatable bonds is 6. The van der Waals surface area contributed by atoms with Crippen LogP contribution in [0.5, 0.6) is 0 Å². The van der Waals surface area contributed by atoms with Crippen molar-refractivity contribution in [1.82, 2.24) is 4.98 Å². The SMILES string of the molecule is ClCCOCCNc1ncccc1Br. The quantitative estimate of drug-likeness (QED) is 0.642. The summed E-state index contributed by atoms with van der Waals surface area (Å²) < 4.78 is 6.16. The Bertz CT molecular complexity index is 273. The molecule has 78 valence electrons. The van der Waals surface area contributed by atoms with Crippen molar-refractivity contribution in [3.05, 3.63) is 22.8 Å². The van der Waals surface area contributed by atoms with Gasteiger partial charge in [-0.3, -0.25) is 0 Å². The fraction of sp³-hybridized carbons (Fsp3) is 0.444. The maximum absolute atomic E-state index is 5.46. The van der Waals surface area contributed by atoms with Gasteiger partial charge in [-0.1, -0.05) is 0 Å². The molecule has 0 aliphatic carbocycles. The molecule has 0 amide bonds. The molecule has 0 atom stereocenters. The predicted molar refractivity (Wildman–Crippen MR) is 62.0 cm³/mol. The van der Waals surface area contributed by atoms with Crippen LogP contribution in [0.3, 0.4) is 0 Å². The van der Waals surface area contributed by atoms with Gasteiger partial charge < -0.3 is 10.1 Å². The first-order valence-electron chi connectivity index (χ1n) is 4.32. The van der Waals surface area contributed by atoms with Crippen molar-refractivity contribution in [2.45, 2.75) is 0 Å². The van der Waals surface area contributed by atoms with Crippen LogP contribution in [0.15, 0.2) is 22.8 Å². The van der Waals surface area contributed by atoms with Gasteiger partial charge in [0.2, 0.25) is 0 Å². The van der Waals surface area contributed by atoms with Gasteiger partial charge in [0.15, 0.2) is 0 Å². The van der Waals surface area contributed by atoms with E-state index in [-0.39, 0.29) is 0 Å². The third-order valence-electron chi connectivity index (χ3n) is 1.52. The first kappa shape index (κ1) is 11.8. The number of nitrogens with one attached hydrogen (secondary N) is 1. The maximum atomic E-state index is 5.46. The van der Waals surface area contributed by atoms with Gasteiger partial charge in [0, 0.05) is 18.6 Å². The lowest BCUT2D eigenvalue weighted by Gasteiger charge is -2.06. The number of pyridine rings is 1. The van der Waals surface area contributed by atoms with Gasteiger partial charge in [-0.25, -0.2) is 4.98 Å². The Hall–Kier alpha value is -0.320. The zero-order valence-electron chi connectivity index (χ0n) is 7.67. The molecule has 0 unspecified atom stereocenters. The summed E-state index contributed by atoms with van der Waals surface area (Å²) in [5.41, 5.74) is 0. The summed E-state index contributed by atoms with van der Waals surface area (Å²) in [6.07, 6.45) is 1.74. The van der Waals surface area contributed by atoms with E-state index in [9.17, 15) is 0 Å². The predicted octanol–water partition coefficient (Wildman–Crippen LogP) is 2.51. The second-order valence-corrected chi connectivity index (χ2v) is 3.79. The van der Waals surface area contributed by atoms with E-state index in [2.05, 4.69) is 26.2 Å². The number of nitrogens with zero attached hydrogens (tertiary/aromatic N) is 1. The molecule has 0 saturated heterocycles. The molecular weight excluding hydrogens is 267 g/mol. The van der Waals surface area contributed by atoms with Crippen LogP contribution < -0.4 is 5.32 Å². The lowest BCUT2D eigenvalue weighted by molar-refractivity contribution is 0.160. The standard InChI is InChI=1S/C9H12BrClN2O/c10-8-2-1-4-12-9(8)13-5-7-14-6-3-11/h1-2,4H,3,5-7H2,(H,12,13). The first-order chi connectivity index (χ1) is 6.84. The van der Waals surface area contributed by atoms with Gasteiger partial charge >= 0.3 is 0 Å². The van der Waals surface area contributed by atoms with Gasteiger partial charge in [-0.05, 0) is 28.1 Å². The molecule has 14 heavy (non-hydrogen) atoms. The number of ether oxygens (including phenoxy) is 1. The van der Waals surface area contributed by atoms with E-state index < -0.39 is 0 Å². The van der Waals surface area contributed by atoms with Gasteiger partial charge in [-0.15, -0.1) is 11.6 Å². The van der Waals surface area contributed by atoms with Crippen molar-refractivity contribution < 1.29 is 4.74 Å². The van der Waals surface area contributed by atoms with Crippen LogP contribution in [0.4, 0.5) is 5.82 Å². The lowest BCUT2D eigenvalue weighted by Crippen LogP contribution is -2.11. The molecule has 0 spiro atoms. The smallest absolute Gasteiger partial charge is 0.140 e. The summed E-state index contributed by atoms with van der Waals surface area (Å²) in [5.74, 6) is 1.37. The largest absolute Gasteiger partial charge is 0.378 e. The van der Waals surface area contributed by atoms with Crippen molar-refractivity contribution in [2.75, 3.05) is 31.0 Å². The third kappa shape index (κ3) is 4.26. The number of hydrogen-bond donors (Lipinski definition) is 1. The number of hydrogen-bond acceptors (Lipinski definition) is 3. The molecule has 1 rings (SSSR count). The highest BCUT2D eigenvalue weighted by atomic mass is 79.9. The van der Waals surface area contributed by atoms with Crippen molar-refractivity contribution in [3.8, 4) is 0 Å². The van der Waals surface area contributed by atoms with Crippen LogP contribution >= 0.6 is 27.5 Å². The van der Waals surface area contributed by atoms with Gasteiger partial charge in [0.05, 0.1) is 17.7 Å². The van der Waals surface area contributed by atoms with E-state index in [0.717, 1.165) is 16.8 Å². The Kier molecular flexibility index (Phi) is 5.91. The Balaban J connectivity index is 2.21. The van der Waals surface area contributed by atoms with Crippen LogP contribution in [-0.2, 0) is 4.74 Å². The van der Waals surface area contributed by atoms with E-state index in [4.69, 9.17) is 16.3 Å². The zero-order chi connectivity index (χ0) is 10.2. The molecule has 1 N–H and O–H groups in total. The minimum atomic E-state index is 0.535. The van der Waals surface area contributed by atoms with Crippen LogP contribution in [0.1, 0.15) is 0 Å². The van der Waals surface area contributed by atoms with Gasteiger partial charge in [-0.2, -0.15) is 0 Å². The molecule has 0 aliphatic rings. The molecule has 1 aromatic rings. The zero-order valence-corrected chi connectivity index (χ0v) is 10.0. The monoisotopic (exact) mass is 278 g/mol. The number of aromatic nitrogens is 1. The topological polar surface area (TPSA) is 34.1 Å². The second kappa shape index (κ2) is 7.04. The normalized spacial score (nSPS) is 10.1. The van der Waals surface area contributed by atoms with Crippen LogP contribution in [0.2, 0.25) is 0 Å². The van der Waals surface area contributed by atoms with Crippen LogP contribution in [0, 0.1) is 0 Å². The highest BCUT2D eigenvalue weighted by Gasteiger charge is 1.97. The Morgan fingerprint density at radius 3 is 3.07 bits per heavy atom. The molecule has 0 aliphatic heterocycles. The molecule has 0 aromatic carbocycles. The summed E-state index contributed by atoms with van der Waals surface area (Å²) in [5, 5.41) is 3.15. The van der Waals surface area contributed by atoms with Gasteiger partial charge in [0.25, 0.3) is 0 Å². The first-order valence-corrected chi connectivity index (χ1v) is 5.65. The maximum Gasteiger partial charge on any atom is 0.140 e. The van der Waals surface area contributed by atoms with Crippen LogP contribution in [-0.4, -0.2) is 30.6 Å². The molecule has 0 fully saturated rings. The second-order valence-electron chi connectivity index (χ2n) is 2.56. The number of anilines is 1. The third-order valence-corrected chi connectivity index (χ3v) is 2.31. The Morgan fingerprint density at radius 1 is 1.50 bits per heavy atom. The van der Waals surface area contributed by atoms with Crippen LogP contribution in [0.25, 0.3) is 0 Å². The van der Waals surface area contributed by atoms with E-state index in [1.165, 1.54) is 0 Å². The molecule has 1 aromatic heterocycles. The van der Waals surface area contributed by atoms with E-state index in [0.29, 0.717) is 19.1 Å².